The number of nitriles is 1. The highest BCUT2D eigenvalue weighted by Gasteiger charge is 2.13. The Kier molecular flexibility index (Phi) is 7.06. The fraction of sp³-hybridized carbons (Fsp3) is 0.111. The Morgan fingerprint density at radius 3 is 2.71 bits per heavy atom. The number of carboxylic acids is 1. The van der Waals surface area contributed by atoms with E-state index in [-0.39, 0.29) is 22.6 Å². The van der Waals surface area contributed by atoms with Crippen molar-refractivity contribution in [3.8, 4) is 17.6 Å². The third-order valence-electron chi connectivity index (χ3n) is 3.35. The molecule has 0 aromatic heterocycles. The maximum atomic E-state index is 13.8. The molecule has 8 nitrogen and oxygen atoms in total. The van der Waals surface area contributed by atoms with E-state index in [0.717, 1.165) is 6.07 Å². The molecule has 0 aliphatic rings. The lowest BCUT2D eigenvalue weighted by atomic mass is 10.1. The van der Waals surface area contributed by atoms with Crippen molar-refractivity contribution in [2.24, 2.45) is 5.10 Å². The number of hydrazone groups is 1. The van der Waals surface area contributed by atoms with E-state index in [0.29, 0.717) is 10.0 Å². The number of aliphatic carboxylic acids is 1. The van der Waals surface area contributed by atoms with E-state index in [9.17, 15) is 14.0 Å². The second kappa shape index (κ2) is 9.48. The minimum absolute atomic E-state index is 0.0961. The molecule has 0 heterocycles. The summed E-state index contributed by atoms with van der Waals surface area (Å²) in [6.07, 6.45) is 1.28. The molecule has 10 heteroatoms. The van der Waals surface area contributed by atoms with Crippen LogP contribution in [-0.4, -0.2) is 36.9 Å². The summed E-state index contributed by atoms with van der Waals surface area (Å²) in [6.45, 7) is -0.539. The summed E-state index contributed by atoms with van der Waals surface area (Å²) < 4.78 is 24.6. The molecule has 0 fully saturated rings. The molecular weight excluding hydrogens is 437 g/mol. The summed E-state index contributed by atoms with van der Waals surface area (Å²) in [5.41, 5.74) is 2.51. The molecule has 2 aromatic rings. The summed E-state index contributed by atoms with van der Waals surface area (Å²) >= 11 is 3.28. The third-order valence-corrected chi connectivity index (χ3v) is 4.03. The van der Waals surface area contributed by atoms with E-state index >= 15 is 0 Å². The number of halogens is 2. The Morgan fingerprint density at radius 1 is 1.36 bits per heavy atom. The van der Waals surface area contributed by atoms with Gasteiger partial charge in [0.1, 0.15) is 5.82 Å². The fourth-order valence-electron chi connectivity index (χ4n) is 2.05. The number of benzene rings is 2. The number of carbonyl (C=O) groups excluding carboxylic acids is 1. The Hall–Kier alpha value is -3.45. The van der Waals surface area contributed by atoms with Gasteiger partial charge in [0, 0.05) is 10.0 Å². The Morgan fingerprint density at radius 2 is 2.11 bits per heavy atom. The lowest BCUT2D eigenvalue weighted by molar-refractivity contribution is -0.139. The van der Waals surface area contributed by atoms with Gasteiger partial charge in [-0.05, 0) is 46.3 Å². The van der Waals surface area contributed by atoms with Crippen molar-refractivity contribution in [2.45, 2.75) is 0 Å². The topological polar surface area (TPSA) is 121 Å². The number of hydrogen-bond donors (Lipinski definition) is 2. The van der Waals surface area contributed by atoms with Crippen LogP contribution in [0.25, 0.3) is 0 Å². The van der Waals surface area contributed by atoms with Crippen molar-refractivity contribution in [1.82, 2.24) is 5.43 Å². The van der Waals surface area contributed by atoms with Gasteiger partial charge in [-0.25, -0.2) is 14.6 Å². The van der Waals surface area contributed by atoms with Crippen LogP contribution in [-0.2, 0) is 4.79 Å². The molecule has 0 atom stereocenters. The molecule has 0 unspecified atom stereocenters. The van der Waals surface area contributed by atoms with Crippen LogP contribution in [0.3, 0.4) is 0 Å². The van der Waals surface area contributed by atoms with Gasteiger partial charge in [-0.1, -0.05) is 0 Å². The molecule has 28 heavy (non-hydrogen) atoms. The molecule has 2 rings (SSSR count). The minimum atomic E-state index is -1.14. The number of nitrogens with one attached hydrogen (secondary N) is 1. The van der Waals surface area contributed by atoms with Gasteiger partial charge in [-0.2, -0.15) is 10.4 Å². The lowest BCUT2D eigenvalue weighted by Gasteiger charge is -2.11. The molecule has 0 aliphatic heterocycles. The predicted octanol–water partition coefficient (Wildman–Crippen LogP) is 2.70. The second-order valence-corrected chi connectivity index (χ2v) is 6.07. The molecule has 0 saturated heterocycles. The number of amides is 1. The smallest absolute Gasteiger partial charge is 0.341 e. The van der Waals surface area contributed by atoms with E-state index in [1.807, 2.05) is 0 Å². The monoisotopic (exact) mass is 449 g/mol. The molecule has 0 saturated carbocycles. The van der Waals surface area contributed by atoms with Gasteiger partial charge in [0.25, 0.3) is 5.91 Å². The van der Waals surface area contributed by atoms with E-state index in [4.69, 9.17) is 19.8 Å². The molecule has 0 bridgehead atoms. The molecule has 0 aliphatic carbocycles. The van der Waals surface area contributed by atoms with Gasteiger partial charge in [0.05, 0.1) is 30.5 Å². The normalized spacial score (nSPS) is 10.4. The zero-order valence-corrected chi connectivity index (χ0v) is 16.0. The fourth-order valence-corrected chi connectivity index (χ4v) is 2.48. The first-order chi connectivity index (χ1) is 13.3. The SMILES string of the molecule is COc1cc(/C=N\NC(=O)c2ccc(C#N)cc2F)c(Br)cc1OCC(=O)O. The van der Waals surface area contributed by atoms with Gasteiger partial charge >= 0.3 is 5.97 Å². The Bertz CT molecular complexity index is 988. The third kappa shape index (κ3) is 5.28. The van der Waals surface area contributed by atoms with Crippen molar-refractivity contribution in [1.29, 1.82) is 5.26 Å². The zero-order chi connectivity index (χ0) is 20.7. The number of carboxylic acid groups (broad SMARTS) is 1. The average molecular weight is 450 g/mol. The van der Waals surface area contributed by atoms with Gasteiger partial charge in [-0.3, -0.25) is 4.79 Å². The number of rotatable bonds is 7. The maximum absolute atomic E-state index is 13.8. The molecular formula is C18H13BrFN3O5. The van der Waals surface area contributed by atoms with Gasteiger partial charge in [0.2, 0.25) is 0 Å². The van der Waals surface area contributed by atoms with Crippen LogP contribution in [0, 0.1) is 17.1 Å². The summed E-state index contributed by atoms with van der Waals surface area (Å²) in [5, 5.41) is 21.2. The van der Waals surface area contributed by atoms with Crippen molar-refractivity contribution >= 4 is 34.0 Å². The van der Waals surface area contributed by atoms with Crippen molar-refractivity contribution in [3.05, 3.63) is 57.3 Å². The summed E-state index contributed by atoms with van der Waals surface area (Å²) in [7, 11) is 1.38. The quantitative estimate of drug-likeness (QED) is 0.494. The van der Waals surface area contributed by atoms with Crippen molar-refractivity contribution < 1.29 is 28.6 Å². The maximum Gasteiger partial charge on any atom is 0.341 e. The van der Waals surface area contributed by atoms with E-state index in [2.05, 4.69) is 26.5 Å². The summed E-state index contributed by atoms with van der Waals surface area (Å²) in [4.78, 5) is 22.6. The minimum Gasteiger partial charge on any atom is -0.493 e. The van der Waals surface area contributed by atoms with Crippen molar-refractivity contribution in [3.63, 3.8) is 0 Å². The highest BCUT2D eigenvalue weighted by atomic mass is 79.9. The van der Waals surface area contributed by atoms with Crippen LogP contribution >= 0.6 is 15.9 Å². The first-order valence-electron chi connectivity index (χ1n) is 7.61. The zero-order valence-electron chi connectivity index (χ0n) is 14.4. The van der Waals surface area contributed by atoms with Gasteiger partial charge in [0.15, 0.2) is 18.1 Å². The predicted molar refractivity (Wildman–Crippen MR) is 100 cm³/mol. The van der Waals surface area contributed by atoms with Crippen LogP contribution in [0.15, 0.2) is 39.9 Å². The molecule has 0 spiro atoms. The Balaban J connectivity index is 2.14. The standard InChI is InChI=1S/C18H13BrFN3O5/c1-27-15-5-11(13(19)6-16(15)28-9-17(24)25)8-22-23-18(26)12-3-2-10(7-21)4-14(12)20/h2-6,8H,9H2,1H3,(H,23,26)(H,24,25)/b22-8-. The first-order valence-corrected chi connectivity index (χ1v) is 8.40. The average Bonchev–Trinajstić information content (AvgIpc) is 2.67. The number of ether oxygens (including phenoxy) is 2. The largest absolute Gasteiger partial charge is 0.493 e. The lowest BCUT2D eigenvalue weighted by Crippen LogP contribution is -2.19. The highest BCUT2D eigenvalue weighted by molar-refractivity contribution is 9.10. The highest BCUT2D eigenvalue weighted by Crippen LogP contribution is 2.32. The molecule has 0 radical (unpaired) electrons. The number of methoxy groups -OCH3 is 1. The first kappa shape index (κ1) is 20.9. The van der Waals surface area contributed by atoms with Crippen molar-refractivity contribution in [2.75, 3.05) is 13.7 Å². The van der Waals surface area contributed by atoms with Crippen LogP contribution in [0.5, 0.6) is 11.5 Å². The van der Waals surface area contributed by atoms with Crippen LogP contribution in [0.1, 0.15) is 21.5 Å². The van der Waals surface area contributed by atoms with E-state index < -0.39 is 24.3 Å². The van der Waals surface area contributed by atoms with Gasteiger partial charge < -0.3 is 14.6 Å². The van der Waals surface area contributed by atoms with E-state index in [1.54, 1.807) is 6.07 Å². The van der Waals surface area contributed by atoms with Crippen LogP contribution < -0.4 is 14.9 Å². The van der Waals surface area contributed by atoms with E-state index in [1.165, 1.54) is 37.6 Å². The van der Waals surface area contributed by atoms with Gasteiger partial charge in [-0.15, -0.1) is 0 Å². The molecule has 2 N–H and O–H groups in total. The number of nitrogens with zero attached hydrogens (tertiary/aromatic N) is 2. The second-order valence-electron chi connectivity index (χ2n) is 5.21. The van der Waals surface area contributed by atoms with Crippen LogP contribution in [0.4, 0.5) is 4.39 Å². The number of carbonyl (C=O) groups is 2. The summed E-state index contributed by atoms with van der Waals surface area (Å²) in [6, 6.07) is 8.24. The Labute approximate surface area is 167 Å². The number of hydrogen-bond acceptors (Lipinski definition) is 6. The summed E-state index contributed by atoms with van der Waals surface area (Å²) in [5.74, 6) is -2.30. The molecule has 2 aromatic carbocycles. The molecule has 1 amide bonds. The van der Waals surface area contributed by atoms with Crippen LogP contribution in [0.2, 0.25) is 0 Å². The molecule has 144 valence electrons.